The molecule has 1 aromatic rings. The molecule has 1 aromatic carbocycles. The number of anilines is 1. The first-order valence-electron chi connectivity index (χ1n) is 5.33. The summed E-state index contributed by atoms with van der Waals surface area (Å²) in [5.74, 6) is -0.319. The zero-order chi connectivity index (χ0) is 12.7. The summed E-state index contributed by atoms with van der Waals surface area (Å²) in [5, 5.41) is 12.0. The highest BCUT2D eigenvalue weighted by Crippen LogP contribution is 2.25. The fraction of sp³-hybridized carbons (Fsp3) is 0.417. The predicted octanol–water partition coefficient (Wildman–Crippen LogP) is 1.84. The lowest BCUT2D eigenvalue weighted by atomic mass is 10.2. The summed E-state index contributed by atoms with van der Waals surface area (Å²) in [6, 6.07) is 4.72. The van der Waals surface area contributed by atoms with E-state index < -0.39 is 5.97 Å². The van der Waals surface area contributed by atoms with Crippen molar-refractivity contribution in [3.8, 4) is 5.75 Å². The van der Waals surface area contributed by atoms with Gasteiger partial charge in [-0.2, -0.15) is 0 Å². The van der Waals surface area contributed by atoms with E-state index in [1.165, 1.54) is 6.07 Å². The number of hydrogen-bond acceptors (Lipinski definition) is 4. The van der Waals surface area contributed by atoms with Crippen molar-refractivity contribution in [1.82, 2.24) is 0 Å². The second-order valence-corrected chi connectivity index (χ2v) is 3.49. The van der Waals surface area contributed by atoms with Crippen LogP contribution in [0.1, 0.15) is 16.8 Å². The number of hydrogen-bond donors (Lipinski definition) is 2. The van der Waals surface area contributed by atoms with Gasteiger partial charge in [-0.1, -0.05) is 0 Å². The van der Waals surface area contributed by atoms with Gasteiger partial charge in [0.1, 0.15) is 5.75 Å². The molecule has 0 heterocycles. The Kier molecular flexibility index (Phi) is 5.29. The summed E-state index contributed by atoms with van der Waals surface area (Å²) < 4.78 is 10.1. The van der Waals surface area contributed by atoms with E-state index in [9.17, 15) is 4.79 Å². The van der Waals surface area contributed by atoms with Crippen LogP contribution in [0.25, 0.3) is 0 Å². The average molecular weight is 239 g/mol. The Morgan fingerprint density at radius 1 is 1.41 bits per heavy atom. The van der Waals surface area contributed by atoms with Crippen LogP contribution in [0.4, 0.5) is 5.69 Å². The number of carboxylic acids is 1. The third kappa shape index (κ3) is 3.96. The number of ether oxygens (including phenoxy) is 2. The Balaban J connectivity index is 2.72. The molecule has 0 aliphatic carbocycles. The Morgan fingerprint density at radius 3 is 2.76 bits per heavy atom. The molecule has 0 atom stereocenters. The molecule has 0 aromatic heterocycles. The van der Waals surface area contributed by atoms with Crippen LogP contribution in [0, 0.1) is 0 Å². The molecule has 0 bridgehead atoms. The third-order valence-electron chi connectivity index (χ3n) is 2.29. The Morgan fingerprint density at radius 2 is 2.18 bits per heavy atom. The van der Waals surface area contributed by atoms with Crippen molar-refractivity contribution in [1.29, 1.82) is 0 Å². The lowest BCUT2D eigenvalue weighted by molar-refractivity contribution is 0.0697. The van der Waals surface area contributed by atoms with E-state index >= 15 is 0 Å². The van der Waals surface area contributed by atoms with Crippen LogP contribution in [0.15, 0.2) is 18.2 Å². The van der Waals surface area contributed by atoms with Crippen LogP contribution in [0.2, 0.25) is 0 Å². The molecule has 0 unspecified atom stereocenters. The Labute approximate surface area is 100 Å². The molecular formula is C12H17NO4. The standard InChI is InChI=1S/C12H17NO4/c1-16-7-3-6-13-10-8-9(12(14)15)4-5-11(10)17-2/h4-5,8,13H,3,6-7H2,1-2H3,(H,14,15). The highest BCUT2D eigenvalue weighted by Gasteiger charge is 2.08. The van der Waals surface area contributed by atoms with Crippen LogP contribution in [-0.2, 0) is 4.74 Å². The summed E-state index contributed by atoms with van der Waals surface area (Å²) in [6.45, 7) is 1.36. The van der Waals surface area contributed by atoms with E-state index in [1.807, 2.05) is 0 Å². The van der Waals surface area contributed by atoms with Crippen LogP contribution in [0.3, 0.4) is 0 Å². The van der Waals surface area contributed by atoms with Gasteiger partial charge < -0.3 is 19.9 Å². The largest absolute Gasteiger partial charge is 0.495 e. The van der Waals surface area contributed by atoms with Crippen molar-refractivity contribution in [3.63, 3.8) is 0 Å². The minimum atomic E-state index is -0.951. The zero-order valence-electron chi connectivity index (χ0n) is 10.0. The molecule has 0 saturated carbocycles. The van der Waals surface area contributed by atoms with Gasteiger partial charge in [0.15, 0.2) is 0 Å². The number of carboxylic acid groups (broad SMARTS) is 1. The summed E-state index contributed by atoms with van der Waals surface area (Å²) >= 11 is 0. The van der Waals surface area contributed by atoms with Crippen molar-refractivity contribution < 1.29 is 19.4 Å². The first-order chi connectivity index (χ1) is 8.19. The van der Waals surface area contributed by atoms with E-state index in [4.69, 9.17) is 14.6 Å². The number of methoxy groups -OCH3 is 2. The molecule has 0 fully saturated rings. The van der Waals surface area contributed by atoms with Crippen LogP contribution in [-0.4, -0.2) is 38.4 Å². The van der Waals surface area contributed by atoms with E-state index in [2.05, 4.69) is 5.32 Å². The van der Waals surface area contributed by atoms with Gasteiger partial charge in [-0.3, -0.25) is 0 Å². The predicted molar refractivity (Wildman–Crippen MR) is 64.9 cm³/mol. The van der Waals surface area contributed by atoms with Crippen molar-refractivity contribution in [2.24, 2.45) is 0 Å². The smallest absolute Gasteiger partial charge is 0.335 e. The van der Waals surface area contributed by atoms with Gasteiger partial charge in [0, 0.05) is 20.3 Å². The van der Waals surface area contributed by atoms with Crippen molar-refractivity contribution in [2.75, 3.05) is 32.7 Å². The van der Waals surface area contributed by atoms with Crippen molar-refractivity contribution in [3.05, 3.63) is 23.8 Å². The van der Waals surface area contributed by atoms with E-state index in [-0.39, 0.29) is 5.56 Å². The molecule has 0 radical (unpaired) electrons. The summed E-state index contributed by atoms with van der Waals surface area (Å²) in [4.78, 5) is 10.8. The van der Waals surface area contributed by atoms with Crippen LogP contribution < -0.4 is 10.1 Å². The molecule has 0 amide bonds. The molecule has 0 aliphatic heterocycles. The molecule has 5 heteroatoms. The zero-order valence-corrected chi connectivity index (χ0v) is 10.0. The summed E-state index contributed by atoms with van der Waals surface area (Å²) in [7, 11) is 3.20. The highest BCUT2D eigenvalue weighted by atomic mass is 16.5. The number of carbonyl (C=O) groups is 1. The maximum absolute atomic E-state index is 10.8. The number of rotatable bonds is 7. The SMILES string of the molecule is COCCCNc1cc(C(=O)O)ccc1OC. The fourth-order valence-electron chi connectivity index (χ4n) is 1.42. The topological polar surface area (TPSA) is 67.8 Å². The monoisotopic (exact) mass is 239 g/mol. The summed E-state index contributed by atoms with van der Waals surface area (Å²) in [6.07, 6.45) is 0.844. The van der Waals surface area contributed by atoms with Gasteiger partial charge in [0.05, 0.1) is 18.4 Å². The third-order valence-corrected chi connectivity index (χ3v) is 2.29. The van der Waals surface area contributed by atoms with Gasteiger partial charge in [0.2, 0.25) is 0 Å². The fourth-order valence-corrected chi connectivity index (χ4v) is 1.42. The lowest BCUT2D eigenvalue weighted by Crippen LogP contribution is -2.07. The molecule has 0 spiro atoms. The number of nitrogens with one attached hydrogen (secondary N) is 1. The Bertz CT molecular complexity index is 379. The first kappa shape index (κ1) is 13.3. The second kappa shape index (κ2) is 6.75. The molecular weight excluding hydrogens is 222 g/mol. The summed E-state index contributed by atoms with van der Waals surface area (Å²) in [5.41, 5.74) is 0.920. The molecule has 0 aliphatic rings. The minimum Gasteiger partial charge on any atom is -0.495 e. The van der Waals surface area contributed by atoms with Crippen LogP contribution >= 0.6 is 0 Å². The molecule has 0 saturated heterocycles. The maximum atomic E-state index is 10.8. The number of benzene rings is 1. The van der Waals surface area contributed by atoms with E-state index in [0.29, 0.717) is 24.6 Å². The molecule has 94 valence electrons. The van der Waals surface area contributed by atoms with Crippen molar-refractivity contribution >= 4 is 11.7 Å². The quantitative estimate of drug-likeness (QED) is 0.711. The lowest BCUT2D eigenvalue weighted by Gasteiger charge is -2.11. The normalized spacial score (nSPS) is 10.0. The maximum Gasteiger partial charge on any atom is 0.335 e. The van der Waals surface area contributed by atoms with Gasteiger partial charge in [-0.05, 0) is 24.6 Å². The van der Waals surface area contributed by atoms with Crippen LogP contribution in [0.5, 0.6) is 5.75 Å². The first-order valence-corrected chi connectivity index (χ1v) is 5.33. The minimum absolute atomic E-state index is 0.236. The highest BCUT2D eigenvalue weighted by molar-refractivity contribution is 5.89. The average Bonchev–Trinajstić information content (AvgIpc) is 2.34. The molecule has 17 heavy (non-hydrogen) atoms. The second-order valence-electron chi connectivity index (χ2n) is 3.49. The van der Waals surface area contributed by atoms with Gasteiger partial charge in [-0.25, -0.2) is 4.79 Å². The Hall–Kier alpha value is -1.75. The van der Waals surface area contributed by atoms with Gasteiger partial charge in [0.25, 0.3) is 0 Å². The van der Waals surface area contributed by atoms with Crippen molar-refractivity contribution in [2.45, 2.75) is 6.42 Å². The molecule has 1 rings (SSSR count). The van der Waals surface area contributed by atoms with Gasteiger partial charge >= 0.3 is 5.97 Å². The molecule has 2 N–H and O–H groups in total. The van der Waals surface area contributed by atoms with E-state index in [0.717, 1.165) is 6.42 Å². The molecule has 5 nitrogen and oxygen atoms in total. The number of aromatic carboxylic acids is 1. The van der Waals surface area contributed by atoms with Gasteiger partial charge in [-0.15, -0.1) is 0 Å². The van der Waals surface area contributed by atoms with E-state index in [1.54, 1.807) is 26.4 Å².